The third-order valence-electron chi connectivity index (χ3n) is 2.74. The first-order valence-corrected chi connectivity index (χ1v) is 5.20. The van der Waals surface area contributed by atoms with Crippen LogP contribution in [0.4, 0.5) is 0 Å². The van der Waals surface area contributed by atoms with Crippen molar-refractivity contribution < 1.29 is 5.11 Å². The predicted molar refractivity (Wildman–Crippen MR) is 57.2 cm³/mol. The number of nitrogens with one attached hydrogen (secondary N) is 1. The molecule has 2 heteroatoms. The lowest BCUT2D eigenvalue weighted by molar-refractivity contribution is 0.137. The minimum Gasteiger partial charge on any atom is -0.387 e. The van der Waals surface area contributed by atoms with Crippen molar-refractivity contribution in [1.29, 1.82) is 0 Å². The van der Waals surface area contributed by atoms with Gasteiger partial charge < -0.3 is 10.4 Å². The van der Waals surface area contributed by atoms with Gasteiger partial charge in [0.15, 0.2) is 0 Å². The molecule has 2 nitrogen and oxygen atoms in total. The molecule has 1 aromatic rings. The largest absolute Gasteiger partial charge is 0.387 e. The van der Waals surface area contributed by atoms with Gasteiger partial charge in [-0.2, -0.15) is 0 Å². The smallest absolute Gasteiger partial charge is 0.0948 e. The topological polar surface area (TPSA) is 32.3 Å². The maximum atomic E-state index is 10.0. The Hall–Kier alpha value is -0.860. The van der Waals surface area contributed by atoms with Gasteiger partial charge >= 0.3 is 0 Å². The molecule has 2 atom stereocenters. The van der Waals surface area contributed by atoms with Crippen molar-refractivity contribution in [2.24, 2.45) is 0 Å². The Labute approximate surface area is 85.0 Å². The average Bonchev–Trinajstić information content (AvgIpc) is 2.44. The molecule has 1 aromatic carbocycles. The van der Waals surface area contributed by atoms with E-state index in [1.165, 1.54) is 5.56 Å². The number of aliphatic hydroxyl groups is 1. The van der Waals surface area contributed by atoms with Crippen LogP contribution in [0.15, 0.2) is 24.3 Å². The maximum Gasteiger partial charge on any atom is 0.0948 e. The van der Waals surface area contributed by atoms with Crippen molar-refractivity contribution in [3.8, 4) is 0 Å². The highest BCUT2D eigenvalue weighted by Crippen LogP contribution is 2.31. The van der Waals surface area contributed by atoms with Gasteiger partial charge in [-0.25, -0.2) is 0 Å². The van der Waals surface area contributed by atoms with Gasteiger partial charge in [0.2, 0.25) is 0 Å². The number of aliphatic hydroxyl groups excluding tert-OH is 1. The molecule has 1 aliphatic rings. The van der Waals surface area contributed by atoms with Crippen molar-refractivity contribution in [1.82, 2.24) is 5.32 Å². The summed E-state index contributed by atoms with van der Waals surface area (Å²) in [6.07, 6.45) is 0.601. The molecule has 0 radical (unpaired) electrons. The molecule has 2 N–H and O–H groups in total. The summed E-state index contributed by atoms with van der Waals surface area (Å²) in [5.74, 6) is 0. The fourth-order valence-corrected chi connectivity index (χ4v) is 2.15. The molecular weight excluding hydrogens is 174 g/mol. The Morgan fingerprint density at radius 3 is 2.71 bits per heavy atom. The van der Waals surface area contributed by atoms with Crippen LogP contribution in [0.25, 0.3) is 0 Å². The SMILES string of the molecule is CC(C)N[C@H]1Cc2ccccc2[C@H]1O. The first kappa shape index (κ1) is 9.69. The van der Waals surface area contributed by atoms with E-state index in [2.05, 4.69) is 25.2 Å². The van der Waals surface area contributed by atoms with Gasteiger partial charge in [-0.3, -0.25) is 0 Å². The molecule has 0 unspecified atom stereocenters. The molecule has 0 amide bonds. The van der Waals surface area contributed by atoms with E-state index in [-0.39, 0.29) is 12.1 Å². The highest BCUT2D eigenvalue weighted by atomic mass is 16.3. The third-order valence-corrected chi connectivity index (χ3v) is 2.74. The van der Waals surface area contributed by atoms with Gasteiger partial charge in [-0.05, 0) is 17.5 Å². The van der Waals surface area contributed by atoms with Gasteiger partial charge in [0.05, 0.1) is 6.10 Å². The minimum atomic E-state index is -0.339. The van der Waals surface area contributed by atoms with E-state index in [0.29, 0.717) is 6.04 Å². The first-order chi connectivity index (χ1) is 6.68. The van der Waals surface area contributed by atoms with Crippen LogP contribution in [-0.4, -0.2) is 17.2 Å². The van der Waals surface area contributed by atoms with Crippen LogP contribution < -0.4 is 5.32 Å². The zero-order valence-electron chi connectivity index (χ0n) is 8.70. The molecular formula is C12H17NO. The van der Waals surface area contributed by atoms with Gasteiger partial charge in [0.25, 0.3) is 0 Å². The van der Waals surface area contributed by atoms with Crippen molar-refractivity contribution in [2.45, 2.75) is 38.5 Å². The van der Waals surface area contributed by atoms with Crippen LogP contribution in [0.5, 0.6) is 0 Å². The quantitative estimate of drug-likeness (QED) is 0.745. The Kier molecular flexibility index (Phi) is 2.57. The Balaban J connectivity index is 2.17. The van der Waals surface area contributed by atoms with Crippen LogP contribution in [0.2, 0.25) is 0 Å². The summed E-state index contributed by atoms with van der Waals surface area (Å²) in [7, 11) is 0. The van der Waals surface area contributed by atoms with Crippen molar-refractivity contribution in [2.75, 3.05) is 0 Å². The van der Waals surface area contributed by atoms with Crippen LogP contribution in [0.1, 0.15) is 31.1 Å². The second-order valence-electron chi connectivity index (χ2n) is 4.28. The Morgan fingerprint density at radius 1 is 1.36 bits per heavy atom. The van der Waals surface area contributed by atoms with E-state index >= 15 is 0 Å². The number of hydrogen-bond acceptors (Lipinski definition) is 2. The second-order valence-corrected chi connectivity index (χ2v) is 4.28. The molecule has 0 saturated carbocycles. The molecule has 0 bridgehead atoms. The minimum absolute atomic E-state index is 0.187. The third kappa shape index (κ3) is 1.68. The predicted octanol–water partition coefficient (Wildman–Crippen LogP) is 1.64. The average molecular weight is 191 g/mol. The Bertz CT molecular complexity index is 322. The molecule has 0 spiro atoms. The number of benzene rings is 1. The highest BCUT2D eigenvalue weighted by molar-refractivity contribution is 5.35. The van der Waals surface area contributed by atoms with Crippen molar-refractivity contribution in [3.05, 3.63) is 35.4 Å². The van der Waals surface area contributed by atoms with E-state index in [0.717, 1.165) is 12.0 Å². The molecule has 0 aliphatic heterocycles. The van der Waals surface area contributed by atoms with E-state index in [4.69, 9.17) is 0 Å². The van der Waals surface area contributed by atoms with E-state index in [1.54, 1.807) is 0 Å². The van der Waals surface area contributed by atoms with Crippen LogP contribution in [0, 0.1) is 0 Å². The van der Waals surface area contributed by atoms with Crippen LogP contribution in [0.3, 0.4) is 0 Å². The number of rotatable bonds is 2. The monoisotopic (exact) mass is 191 g/mol. The summed E-state index contributed by atoms with van der Waals surface area (Å²) in [6.45, 7) is 4.21. The molecule has 1 aliphatic carbocycles. The lowest BCUT2D eigenvalue weighted by Crippen LogP contribution is -2.37. The molecule has 14 heavy (non-hydrogen) atoms. The highest BCUT2D eigenvalue weighted by Gasteiger charge is 2.30. The van der Waals surface area contributed by atoms with Crippen molar-refractivity contribution >= 4 is 0 Å². The number of fused-ring (bicyclic) bond motifs is 1. The van der Waals surface area contributed by atoms with Gasteiger partial charge in [-0.15, -0.1) is 0 Å². The van der Waals surface area contributed by atoms with Crippen LogP contribution >= 0.6 is 0 Å². The normalized spacial score (nSPS) is 25.4. The molecule has 0 aromatic heterocycles. The molecule has 0 saturated heterocycles. The Morgan fingerprint density at radius 2 is 2.07 bits per heavy atom. The molecule has 0 fully saturated rings. The van der Waals surface area contributed by atoms with Gasteiger partial charge in [-0.1, -0.05) is 38.1 Å². The fraction of sp³-hybridized carbons (Fsp3) is 0.500. The molecule has 0 heterocycles. The van der Waals surface area contributed by atoms with E-state index in [1.807, 2.05) is 18.2 Å². The summed E-state index contributed by atoms with van der Waals surface area (Å²) >= 11 is 0. The van der Waals surface area contributed by atoms with Crippen LogP contribution in [-0.2, 0) is 6.42 Å². The molecule has 2 rings (SSSR count). The lowest BCUT2D eigenvalue weighted by atomic mass is 10.1. The first-order valence-electron chi connectivity index (χ1n) is 5.20. The van der Waals surface area contributed by atoms with Gasteiger partial charge in [0, 0.05) is 12.1 Å². The summed E-state index contributed by atoms with van der Waals surface area (Å²) in [5, 5.41) is 13.4. The van der Waals surface area contributed by atoms with E-state index < -0.39 is 0 Å². The fourth-order valence-electron chi connectivity index (χ4n) is 2.15. The zero-order valence-corrected chi connectivity index (χ0v) is 8.70. The molecule has 76 valence electrons. The summed E-state index contributed by atoms with van der Waals surface area (Å²) < 4.78 is 0. The summed E-state index contributed by atoms with van der Waals surface area (Å²) in [5.41, 5.74) is 2.36. The maximum absolute atomic E-state index is 10.0. The zero-order chi connectivity index (χ0) is 10.1. The van der Waals surface area contributed by atoms with E-state index in [9.17, 15) is 5.11 Å². The standard InChI is InChI=1S/C12H17NO/c1-8(2)13-11-7-9-5-3-4-6-10(9)12(11)14/h3-6,8,11-14H,7H2,1-2H3/t11-,12+/m0/s1. The second kappa shape index (κ2) is 3.71. The summed E-state index contributed by atoms with van der Waals surface area (Å²) in [4.78, 5) is 0. The van der Waals surface area contributed by atoms with Gasteiger partial charge in [0.1, 0.15) is 0 Å². The summed E-state index contributed by atoms with van der Waals surface area (Å²) in [6, 6.07) is 8.74. The number of hydrogen-bond donors (Lipinski definition) is 2. The van der Waals surface area contributed by atoms with Crippen molar-refractivity contribution in [3.63, 3.8) is 0 Å². The lowest BCUT2D eigenvalue weighted by Gasteiger charge is -2.19.